The quantitative estimate of drug-likeness (QED) is 0.644. The number of nitrogens with one attached hydrogen (secondary N) is 2. The van der Waals surface area contributed by atoms with Crippen LogP contribution >= 0.6 is 12.4 Å². The number of rotatable bonds is 8. The molecule has 0 spiro atoms. The van der Waals surface area contributed by atoms with Crippen LogP contribution in [0.5, 0.6) is 0 Å². The van der Waals surface area contributed by atoms with Crippen LogP contribution < -0.4 is 16.4 Å². The number of halogens is 1. The fourth-order valence-corrected chi connectivity index (χ4v) is 2.44. The highest BCUT2D eigenvalue weighted by Crippen LogP contribution is 2.16. The molecule has 2 aromatic rings. The second-order valence-corrected chi connectivity index (χ2v) is 6.06. The summed E-state index contributed by atoms with van der Waals surface area (Å²) in [5.74, 6) is -0.496. The molecule has 4 N–H and O–H groups in total. The summed E-state index contributed by atoms with van der Waals surface area (Å²) in [7, 11) is 1.51. The van der Waals surface area contributed by atoms with Crippen LogP contribution in [0.1, 0.15) is 27.9 Å². The zero-order chi connectivity index (χ0) is 18.9. The van der Waals surface area contributed by atoms with Crippen molar-refractivity contribution < 1.29 is 14.3 Å². The predicted molar refractivity (Wildman–Crippen MR) is 109 cm³/mol. The molecule has 1 atom stereocenters. The van der Waals surface area contributed by atoms with Gasteiger partial charge in [-0.15, -0.1) is 12.4 Å². The average molecular weight is 392 g/mol. The van der Waals surface area contributed by atoms with Gasteiger partial charge in [0, 0.05) is 20.2 Å². The molecule has 0 bridgehead atoms. The smallest absolute Gasteiger partial charge is 0.253 e. The number of anilines is 1. The molecule has 2 amide bonds. The van der Waals surface area contributed by atoms with Crippen LogP contribution in [0.4, 0.5) is 5.69 Å². The van der Waals surface area contributed by atoms with Crippen LogP contribution in [0.3, 0.4) is 0 Å². The normalized spacial score (nSPS) is 11.2. The number of ether oxygens (including phenoxy) is 1. The Labute approximate surface area is 165 Å². The van der Waals surface area contributed by atoms with Crippen molar-refractivity contribution >= 4 is 29.9 Å². The van der Waals surface area contributed by atoms with Gasteiger partial charge in [0.25, 0.3) is 5.91 Å². The van der Waals surface area contributed by atoms with Gasteiger partial charge >= 0.3 is 0 Å². The maximum Gasteiger partial charge on any atom is 0.253 e. The molecule has 0 radical (unpaired) electrons. The predicted octanol–water partition coefficient (Wildman–Crippen LogP) is 2.65. The maximum atomic E-state index is 12.5. The Kier molecular flexibility index (Phi) is 9.50. The van der Waals surface area contributed by atoms with Crippen LogP contribution in [0, 0.1) is 6.92 Å². The number of hydrogen-bond acceptors (Lipinski definition) is 4. The van der Waals surface area contributed by atoms with Crippen molar-refractivity contribution in [2.75, 3.05) is 19.0 Å². The van der Waals surface area contributed by atoms with Crippen molar-refractivity contribution in [1.82, 2.24) is 5.32 Å². The van der Waals surface area contributed by atoms with Crippen molar-refractivity contribution in [2.45, 2.75) is 26.0 Å². The van der Waals surface area contributed by atoms with Crippen molar-refractivity contribution in [2.24, 2.45) is 5.73 Å². The van der Waals surface area contributed by atoms with E-state index < -0.39 is 0 Å². The minimum Gasteiger partial charge on any atom is -0.380 e. The SMILES string of the molecule is COC(CN)CC(=O)Nc1ccccc1C(=O)NCc1ccc(C)cc1.Cl. The Morgan fingerprint density at radius 3 is 2.41 bits per heavy atom. The summed E-state index contributed by atoms with van der Waals surface area (Å²) in [4.78, 5) is 24.7. The molecule has 0 aliphatic rings. The van der Waals surface area contributed by atoms with E-state index in [1.807, 2.05) is 31.2 Å². The first-order valence-electron chi connectivity index (χ1n) is 8.49. The van der Waals surface area contributed by atoms with E-state index in [1.165, 1.54) is 12.7 Å². The second-order valence-electron chi connectivity index (χ2n) is 6.06. The summed E-state index contributed by atoms with van der Waals surface area (Å²) in [6.07, 6.45) is -0.218. The van der Waals surface area contributed by atoms with Gasteiger partial charge in [-0.2, -0.15) is 0 Å². The molecule has 7 heteroatoms. The molecule has 1 unspecified atom stereocenters. The summed E-state index contributed by atoms with van der Waals surface area (Å²) in [5, 5.41) is 5.64. The molecular formula is C20H26ClN3O3. The van der Waals surface area contributed by atoms with E-state index in [4.69, 9.17) is 10.5 Å². The minimum absolute atomic E-state index is 0. The van der Waals surface area contributed by atoms with Gasteiger partial charge in [0.1, 0.15) is 0 Å². The molecular weight excluding hydrogens is 366 g/mol. The monoisotopic (exact) mass is 391 g/mol. The number of carbonyl (C=O) groups is 2. The van der Waals surface area contributed by atoms with E-state index in [0.717, 1.165) is 5.56 Å². The zero-order valence-corrected chi connectivity index (χ0v) is 16.3. The van der Waals surface area contributed by atoms with Crippen molar-refractivity contribution in [3.8, 4) is 0 Å². The lowest BCUT2D eigenvalue weighted by atomic mass is 10.1. The van der Waals surface area contributed by atoms with E-state index in [9.17, 15) is 9.59 Å². The molecule has 2 aromatic carbocycles. The molecule has 27 heavy (non-hydrogen) atoms. The van der Waals surface area contributed by atoms with E-state index in [-0.39, 0.29) is 43.3 Å². The summed E-state index contributed by atoms with van der Waals surface area (Å²) < 4.78 is 5.12. The number of carbonyl (C=O) groups excluding carboxylic acids is 2. The van der Waals surface area contributed by atoms with E-state index >= 15 is 0 Å². The Balaban J connectivity index is 0.00000364. The third-order valence-electron chi connectivity index (χ3n) is 4.03. The Morgan fingerprint density at radius 2 is 1.78 bits per heavy atom. The maximum absolute atomic E-state index is 12.5. The third kappa shape index (κ3) is 7.02. The van der Waals surface area contributed by atoms with Gasteiger partial charge in [-0.3, -0.25) is 9.59 Å². The fraction of sp³-hybridized carbons (Fsp3) is 0.300. The number of para-hydroxylation sites is 1. The van der Waals surface area contributed by atoms with Crippen LogP contribution in [0.25, 0.3) is 0 Å². The minimum atomic E-state index is -0.350. The van der Waals surface area contributed by atoms with Crippen LogP contribution in [-0.4, -0.2) is 31.6 Å². The van der Waals surface area contributed by atoms with Crippen molar-refractivity contribution in [1.29, 1.82) is 0 Å². The van der Waals surface area contributed by atoms with Crippen LogP contribution in [0.2, 0.25) is 0 Å². The molecule has 0 aliphatic heterocycles. The lowest BCUT2D eigenvalue weighted by molar-refractivity contribution is -0.118. The van der Waals surface area contributed by atoms with Crippen molar-refractivity contribution in [3.63, 3.8) is 0 Å². The van der Waals surface area contributed by atoms with Crippen molar-refractivity contribution in [3.05, 3.63) is 65.2 Å². The first kappa shape index (κ1) is 22.6. The lowest BCUT2D eigenvalue weighted by Crippen LogP contribution is -2.29. The largest absolute Gasteiger partial charge is 0.380 e. The standard InChI is InChI=1S/C20H25N3O3.ClH/c1-14-7-9-15(10-8-14)13-22-20(25)17-5-3-4-6-18(17)23-19(24)11-16(12-21)26-2;/h3-10,16H,11-13,21H2,1-2H3,(H,22,25)(H,23,24);1H. The molecule has 0 aliphatic carbocycles. The first-order valence-corrected chi connectivity index (χ1v) is 8.49. The Bertz CT molecular complexity index is 746. The summed E-state index contributed by atoms with van der Waals surface area (Å²) in [6, 6.07) is 14.8. The molecule has 0 aromatic heterocycles. The molecule has 0 saturated carbocycles. The summed E-state index contributed by atoms with van der Waals surface area (Å²) >= 11 is 0. The topological polar surface area (TPSA) is 93.4 Å². The number of nitrogens with two attached hydrogens (primary N) is 1. The molecule has 146 valence electrons. The molecule has 0 saturated heterocycles. The Hall–Kier alpha value is -2.41. The van der Waals surface area contributed by atoms with Gasteiger partial charge in [0.15, 0.2) is 0 Å². The van der Waals surface area contributed by atoms with E-state index in [2.05, 4.69) is 10.6 Å². The van der Waals surface area contributed by atoms with Crippen LogP contribution in [0.15, 0.2) is 48.5 Å². The van der Waals surface area contributed by atoms with Gasteiger partial charge in [-0.1, -0.05) is 42.0 Å². The second kappa shape index (κ2) is 11.3. The first-order chi connectivity index (χ1) is 12.5. The van der Waals surface area contributed by atoms with Gasteiger partial charge in [0.2, 0.25) is 5.91 Å². The fourth-order valence-electron chi connectivity index (χ4n) is 2.44. The van der Waals surface area contributed by atoms with Gasteiger partial charge < -0.3 is 21.1 Å². The highest BCUT2D eigenvalue weighted by atomic mass is 35.5. The average Bonchev–Trinajstić information content (AvgIpc) is 2.65. The highest BCUT2D eigenvalue weighted by Gasteiger charge is 2.15. The molecule has 6 nitrogen and oxygen atoms in total. The Morgan fingerprint density at radius 1 is 1.11 bits per heavy atom. The number of hydrogen-bond donors (Lipinski definition) is 3. The zero-order valence-electron chi connectivity index (χ0n) is 15.5. The van der Waals surface area contributed by atoms with Crippen LogP contribution in [-0.2, 0) is 16.1 Å². The lowest BCUT2D eigenvalue weighted by Gasteiger charge is -2.14. The van der Waals surface area contributed by atoms with Gasteiger partial charge in [-0.05, 0) is 24.6 Å². The van der Waals surface area contributed by atoms with E-state index in [0.29, 0.717) is 17.8 Å². The number of amides is 2. The molecule has 2 rings (SSSR count). The summed E-state index contributed by atoms with van der Waals surface area (Å²) in [5.41, 5.74) is 8.59. The number of benzene rings is 2. The highest BCUT2D eigenvalue weighted by molar-refractivity contribution is 6.03. The van der Waals surface area contributed by atoms with Gasteiger partial charge in [-0.25, -0.2) is 0 Å². The summed E-state index contributed by atoms with van der Waals surface area (Å²) in [6.45, 7) is 2.68. The molecule has 0 heterocycles. The van der Waals surface area contributed by atoms with E-state index in [1.54, 1.807) is 24.3 Å². The third-order valence-corrected chi connectivity index (χ3v) is 4.03. The number of methoxy groups -OCH3 is 1. The van der Waals surface area contributed by atoms with Gasteiger partial charge in [0.05, 0.1) is 23.8 Å². The number of aryl methyl sites for hydroxylation is 1. The molecule has 0 fully saturated rings.